The predicted molar refractivity (Wildman–Crippen MR) is 346 cm³/mol. The monoisotopic (exact) mass is 1580 g/mol. The molecule has 3 fully saturated rings. The third kappa shape index (κ3) is 29.9. The van der Waals surface area contributed by atoms with E-state index in [1.54, 1.807) is 36.4 Å². The molecule has 0 radical (unpaired) electrons. The number of rotatable bonds is 14. The second-order valence-electron chi connectivity index (χ2n) is 17.5. The Balaban J connectivity index is 0.000000250. The number of nitrogens with one attached hydrogen (secondary N) is 5. The van der Waals surface area contributed by atoms with Crippen LogP contribution in [0.25, 0.3) is 0 Å². The summed E-state index contributed by atoms with van der Waals surface area (Å²) in [7, 11) is 0. The maximum absolute atomic E-state index is 12.2. The van der Waals surface area contributed by atoms with Crippen LogP contribution in [0.15, 0.2) is 121 Å². The average Bonchev–Trinajstić information content (AvgIpc) is 3.49. The van der Waals surface area contributed by atoms with Crippen LogP contribution in [0.5, 0.6) is 0 Å². The molecule has 5 amide bonds. The van der Waals surface area contributed by atoms with E-state index < -0.39 is 17.9 Å². The first kappa shape index (κ1) is 68.8. The van der Waals surface area contributed by atoms with Gasteiger partial charge in [0.25, 0.3) is 11.8 Å². The molecule has 8 rings (SSSR count). The highest BCUT2D eigenvalue weighted by Gasteiger charge is 2.20. The van der Waals surface area contributed by atoms with Crippen molar-refractivity contribution in [3.63, 3.8) is 0 Å². The molecular formula is C56H65Br2I3N10O10. The number of amides is 5. The van der Waals surface area contributed by atoms with Crippen molar-refractivity contribution in [3.8, 4) is 11.8 Å². The number of hydrogen-bond acceptors (Lipinski definition) is 15. The Morgan fingerprint density at radius 1 is 0.543 bits per heavy atom. The fraction of sp³-hybridized carbons (Fsp3) is 0.321. The minimum Gasteiger partial charge on any atom is -0.399 e. The van der Waals surface area contributed by atoms with Crippen LogP contribution in [0.3, 0.4) is 0 Å². The van der Waals surface area contributed by atoms with E-state index in [4.69, 9.17) is 30.9 Å². The molecule has 3 aliphatic rings. The molecule has 0 spiro atoms. The Kier molecular flexibility index (Phi) is 33.7. The zero-order valence-corrected chi connectivity index (χ0v) is 53.8. The molecule has 434 valence electrons. The summed E-state index contributed by atoms with van der Waals surface area (Å²) in [4.78, 5) is 75.3. The van der Waals surface area contributed by atoms with Gasteiger partial charge in [0.15, 0.2) is 0 Å². The van der Waals surface area contributed by atoms with Gasteiger partial charge in [-0.1, -0.05) is 27.8 Å². The number of halogens is 5. The lowest BCUT2D eigenvalue weighted by Crippen LogP contribution is -2.50. The topological polar surface area (TPSA) is 272 Å². The van der Waals surface area contributed by atoms with Crippen molar-refractivity contribution < 1.29 is 48.2 Å². The molecule has 5 aromatic carbocycles. The number of hydroxylamine groups is 1. The first-order chi connectivity index (χ1) is 39.0. The minimum absolute atomic E-state index is 0.0162. The fourth-order valence-corrected chi connectivity index (χ4v) is 8.13. The Morgan fingerprint density at radius 3 is 1.15 bits per heavy atom. The Morgan fingerprint density at radius 2 is 0.852 bits per heavy atom. The van der Waals surface area contributed by atoms with E-state index in [1.807, 2.05) is 84.9 Å². The Labute approximate surface area is 529 Å². The highest BCUT2D eigenvalue weighted by atomic mass is 127. The van der Waals surface area contributed by atoms with E-state index >= 15 is 0 Å². The van der Waals surface area contributed by atoms with Gasteiger partial charge in [-0.05, 0) is 205 Å². The highest BCUT2D eigenvalue weighted by molar-refractivity contribution is 14.1. The van der Waals surface area contributed by atoms with Gasteiger partial charge in [-0.15, -0.1) is 0 Å². The molecule has 81 heavy (non-hydrogen) atoms. The van der Waals surface area contributed by atoms with Gasteiger partial charge in [0.2, 0.25) is 22.4 Å². The van der Waals surface area contributed by atoms with Crippen LogP contribution in [0.1, 0.15) is 21.5 Å². The van der Waals surface area contributed by atoms with Crippen LogP contribution in [0.2, 0.25) is 0 Å². The number of hydrogen-bond donors (Lipinski definition) is 8. The number of ether oxygens (including phenoxy) is 3. The van der Waals surface area contributed by atoms with E-state index in [0.29, 0.717) is 55.0 Å². The summed E-state index contributed by atoms with van der Waals surface area (Å²) >= 11 is 12.3. The number of carbonyl (C=O) groups is 6. The summed E-state index contributed by atoms with van der Waals surface area (Å²) in [5, 5.41) is 20.2. The highest BCUT2D eigenvalue weighted by Crippen LogP contribution is 2.14. The van der Waals surface area contributed by atoms with E-state index in [-0.39, 0.29) is 29.0 Å². The Bertz CT molecular complexity index is 2690. The molecule has 0 bridgehead atoms. The standard InChI is InChI=1S/C24H27N5O5.2C12H15IN2O2.C6H6IN.C2H2Br2O/c25-15-21(24(32)28-33)27-23(31)19-7-3-17(4-8-19)1-2-18-5-9-20(10-6-18)26-22(30)16-29-11-13-34-14-12-29;2*13-10-1-3-11(4-2-10)14-12(16)9-15-5-7-17-8-6-15;7-5-1-3-6(8)4-2-5;3-1-2(4)5/h3-10,21,33H,11-16,25H2,(H,26,30)(H,27,31)(H,28,32);2*1-4H,5-9H2,(H,14,16);1-4H,8H2;1H2/t21-;;;;/m0..../s1. The SMILES string of the molecule is NC[C@H](NC(=O)c1ccc(C#Cc2ccc(NC(=O)CN3CCOCC3)cc2)cc1)C(=O)NO.Nc1ccc(I)cc1.O=C(Br)CBr.O=C(CN1CCOCC1)Nc1ccc(I)cc1.O=C(CN1CCOCC1)Nc1ccc(I)cc1. The summed E-state index contributed by atoms with van der Waals surface area (Å²) in [6.07, 6.45) is 0. The first-order valence-electron chi connectivity index (χ1n) is 25.3. The maximum atomic E-state index is 12.2. The van der Waals surface area contributed by atoms with Gasteiger partial charge in [-0.25, -0.2) is 5.48 Å². The number of carbonyl (C=O) groups excluding carboxylic acids is 6. The number of nitrogen functional groups attached to an aromatic ring is 1. The largest absolute Gasteiger partial charge is 0.399 e. The van der Waals surface area contributed by atoms with Crippen molar-refractivity contribution in [1.82, 2.24) is 25.5 Å². The van der Waals surface area contributed by atoms with Gasteiger partial charge in [-0.2, -0.15) is 0 Å². The number of nitrogens with zero attached hydrogens (tertiary/aromatic N) is 3. The second kappa shape index (κ2) is 39.7. The van der Waals surface area contributed by atoms with Crippen LogP contribution in [0.4, 0.5) is 22.7 Å². The summed E-state index contributed by atoms with van der Waals surface area (Å²) in [5.74, 6) is 4.77. The molecule has 25 heteroatoms. The lowest BCUT2D eigenvalue weighted by atomic mass is 10.1. The third-order valence-electron chi connectivity index (χ3n) is 11.3. The summed E-state index contributed by atoms with van der Waals surface area (Å²) in [5.41, 5.74) is 17.3. The van der Waals surface area contributed by atoms with Gasteiger partial charge < -0.3 is 46.9 Å². The van der Waals surface area contributed by atoms with Gasteiger partial charge >= 0.3 is 0 Å². The number of nitrogens with two attached hydrogens (primary N) is 2. The minimum atomic E-state index is -1.04. The zero-order chi connectivity index (χ0) is 58.8. The van der Waals surface area contributed by atoms with Crippen molar-refractivity contribution in [2.24, 2.45) is 5.73 Å². The first-order valence-corrected chi connectivity index (χ1v) is 30.4. The normalized spacial score (nSPS) is 14.4. The molecule has 5 aromatic rings. The number of alkyl halides is 1. The van der Waals surface area contributed by atoms with E-state index in [0.717, 1.165) is 95.5 Å². The molecule has 3 aliphatic heterocycles. The third-order valence-corrected chi connectivity index (χ3v) is 15.0. The molecule has 0 saturated carbocycles. The van der Waals surface area contributed by atoms with Gasteiger partial charge in [0.05, 0.1) is 64.6 Å². The fourth-order valence-electron chi connectivity index (χ4n) is 7.06. The number of benzene rings is 5. The van der Waals surface area contributed by atoms with Gasteiger partial charge in [0.1, 0.15) is 6.04 Å². The van der Waals surface area contributed by atoms with Crippen LogP contribution >= 0.6 is 99.6 Å². The lowest BCUT2D eigenvalue weighted by Gasteiger charge is -2.25. The van der Waals surface area contributed by atoms with Crippen molar-refractivity contribution in [3.05, 3.63) is 149 Å². The van der Waals surface area contributed by atoms with Gasteiger partial charge in [-0.3, -0.25) is 48.7 Å². The molecule has 20 nitrogen and oxygen atoms in total. The summed E-state index contributed by atoms with van der Waals surface area (Å²) in [6.45, 7) is 10.1. The average molecular weight is 1580 g/mol. The molecule has 0 aromatic heterocycles. The van der Waals surface area contributed by atoms with Crippen molar-refractivity contribution in [2.75, 3.05) is 132 Å². The van der Waals surface area contributed by atoms with E-state index in [2.05, 4.69) is 147 Å². The summed E-state index contributed by atoms with van der Waals surface area (Å²) < 4.78 is 19.3. The molecule has 1 atom stereocenters. The molecular weight excluding hydrogens is 1510 g/mol. The summed E-state index contributed by atoms with van der Waals surface area (Å²) in [6, 6.07) is 36.0. The lowest BCUT2D eigenvalue weighted by molar-refractivity contribution is -0.131. The van der Waals surface area contributed by atoms with E-state index in [1.165, 1.54) is 9.05 Å². The van der Waals surface area contributed by atoms with Crippen molar-refractivity contribution in [2.45, 2.75) is 6.04 Å². The Hall–Kier alpha value is -4.69. The van der Waals surface area contributed by atoms with Crippen molar-refractivity contribution >= 4 is 157 Å². The molecule has 0 aliphatic carbocycles. The van der Waals surface area contributed by atoms with Crippen LogP contribution in [-0.2, 0) is 38.2 Å². The maximum Gasteiger partial charge on any atom is 0.267 e. The van der Waals surface area contributed by atoms with Crippen LogP contribution in [-0.4, -0.2) is 171 Å². The molecule has 0 unspecified atom stereocenters. The smallest absolute Gasteiger partial charge is 0.267 e. The van der Waals surface area contributed by atoms with Crippen LogP contribution in [0, 0.1) is 22.6 Å². The van der Waals surface area contributed by atoms with Gasteiger partial charge in [0, 0.05) is 96.0 Å². The van der Waals surface area contributed by atoms with Crippen LogP contribution < -0.4 is 38.2 Å². The number of morpholine rings is 3. The molecule has 10 N–H and O–H groups in total. The zero-order valence-electron chi connectivity index (χ0n) is 44.2. The quantitative estimate of drug-likeness (QED) is 0.0117. The second-order valence-corrected chi connectivity index (χ2v) is 22.7. The predicted octanol–water partition coefficient (Wildman–Crippen LogP) is 6.22. The molecule has 3 heterocycles. The molecule has 3 saturated heterocycles. The van der Waals surface area contributed by atoms with Crippen molar-refractivity contribution in [1.29, 1.82) is 0 Å². The van der Waals surface area contributed by atoms with E-state index in [9.17, 15) is 28.8 Å². The number of anilines is 4.